The number of thiol groups is 1. The summed E-state index contributed by atoms with van der Waals surface area (Å²) < 4.78 is 0. The van der Waals surface area contributed by atoms with Gasteiger partial charge < -0.3 is 37.5 Å². The van der Waals surface area contributed by atoms with Gasteiger partial charge in [-0.15, -0.1) is 0 Å². The van der Waals surface area contributed by atoms with Crippen LogP contribution in [0.5, 0.6) is 0 Å². The maximum absolute atomic E-state index is 13.1. The van der Waals surface area contributed by atoms with E-state index in [2.05, 4.69) is 33.6 Å². The number of hydrogen-bond acceptors (Lipinski definition) is 7. The first kappa shape index (κ1) is 31.1. The van der Waals surface area contributed by atoms with E-state index in [1.165, 1.54) is 0 Å². The van der Waals surface area contributed by atoms with Crippen molar-refractivity contribution in [2.24, 2.45) is 17.4 Å². The van der Waals surface area contributed by atoms with Gasteiger partial charge in [0.05, 0.1) is 6.04 Å². The van der Waals surface area contributed by atoms with Gasteiger partial charge in [0.15, 0.2) is 0 Å². The number of carbonyl (C=O) groups is 4. The van der Waals surface area contributed by atoms with Crippen LogP contribution in [-0.4, -0.2) is 70.2 Å². The van der Waals surface area contributed by atoms with Crippen molar-refractivity contribution in [1.82, 2.24) is 20.9 Å². The van der Waals surface area contributed by atoms with Crippen molar-refractivity contribution in [3.05, 3.63) is 36.0 Å². The zero-order chi connectivity index (χ0) is 28.2. The van der Waals surface area contributed by atoms with Crippen LogP contribution in [0.2, 0.25) is 0 Å². The molecule has 0 aliphatic rings. The number of benzene rings is 1. The zero-order valence-corrected chi connectivity index (χ0v) is 22.8. The number of nitrogens with two attached hydrogens (primary N) is 2. The normalized spacial score (nSPS) is 14.5. The number of aliphatic carboxylic acids is 1. The minimum Gasteiger partial charge on any atom is -0.480 e. The average Bonchev–Trinajstić information content (AvgIpc) is 3.28. The smallest absolute Gasteiger partial charge is 0.326 e. The third-order valence-electron chi connectivity index (χ3n) is 6.17. The number of hydrogen-bond donors (Lipinski definition) is 8. The lowest BCUT2D eigenvalue weighted by Gasteiger charge is -2.25. The molecule has 210 valence electrons. The number of carbonyl (C=O) groups excluding carboxylic acids is 3. The van der Waals surface area contributed by atoms with Crippen LogP contribution < -0.4 is 27.4 Å². The lowest BCUT2D eigenvalue weighted by Crippen LogP contribution is -2.57. The summed E-state index contributed by atoms with van der Waals surface area (Å²) in [5.74, 6) is -2.81. The topological polar surface area (TPSA) is 192 Å². The molecule has 9 N–H and O–H groups in total. The summed E-state index contributed by atoms with van der Waals surface area (Å²) in [4.78, 5) is 53.7. The fourth-order valence-corrected chi connectivity index (χ4v) is 4.37. The van der Waals surface area contributed by atoms with Gasteiger partial charge in [-0.2, -0.15) is 12.6 Å². The average molecular weight is 549 g/mol. The Bertz CT molecular complexity index is 1090. The molecule has 0 saturated carbocycles. The molecule has 1 aromatic heterocycles. The number of carboxylic acid groups (broad SMARTS) is 1. The van der Waals surface area contributed by atoms with Crippen LogP contribution in [-0.2, 0) is 25.6 Å². The summed E-state index contributed by atoms with van der Waals surface area (Å²) in [5.41, 5.74) is 13.1. The SMILES string of the molecule is CC(C)CC(N)C(=O)NC(CCCCN)C(=O)NC(CS)C(=O)NC(Cc1c[nH]c2ccccc12)C(=O)O. The summed E-state index contributed by atoms with van der Waals surface area (Å²) in [7, 11) is 0. The van der Waals surface area contributed by atoms with Crippen molar-refractivity contribution in [2.75, 3.05) is 12.3 Å². The lowest BCUT2D eigenvalue weighted by atomic mass is 10.0. The number of unbranched alkanes of at least 4 members (excludes halogenated alkanes) is 1. The number of H-pyrrole nitrogens is 1. The second-order valence-corrected chi connectivity index (χ2v) is 10.2. The Kier molecular flexibility index (Phi) is 12.6. The van der Waals surface area contributed by atoms with E-state index in [0.29, 0.717) is 32.2 Å². The minimum absolute atomic E-state index is 0.0455. The second kappa shape index (κ2) is 15.4. The van der Waals surface area contributed by atoms with Gasteiger partial charge in [-0.3, -0.25) is 14.4 Å². The Balaban J connectivity index is 2.08. The molecule has 4 atom stereocenters. The van der Waals surface area contributed by atoms with Gasteiger partial charge >= 0.3 is 5.97 Å². The predicted molar refractivity (Wildman–Crippen MR) is 150 cm³/mol. The van der Waals surface area contributed by atoms with Crippen LogP contribution in [0.4, 0.5) is 0 Å². The van der Waals surface area contributed by atoms with Gasteiger partial charge in [0, 0.05) is 29.3 Å². The second-order valence-electron chi connectivity index (χ2n) is 9.79. The van der Waals surface area contributed by atoms with Crippen molar-refractivity contribution in [1.29, 1.82) is 0 Å². The summed E-state index contributed by atoms with van der Waals surface area (Å²) >= 11 is 4.18. The number of aromatic amines is 1. The van der Waals surface area contributed by atoms with Gasteiger partial charge in [-0.1, -0.05) is 32.0 Å². The molecule has 2 rings (SSSR count). The highest BCUT2D eigenvalue weighted by Crippen LogP contribution is 2.19. The Labute approximate surface area is 228 Å². The highest BCUT2D eigenvalue weighted by atomic mass is 32.1. The van der Waals surface area contributed by atoms with Crippen molar-refractivity contribution < 1.29 is 24.3 Å². The van der Waals surface area contributed by atoms with Gasteiger partial charge in [0.25, 0.3) is 0 Å². The highest BCUT2D eigenvalue weighted by molar-refractivity contribution is 7.80. The van der Waals surface area contributed by atoms with E-state index in [4.69, 9.17) is 11.5 Å². The van der Waals surface area contributed by atoms with Crippen LogP contribution in [0, 0.1) is 5.92 Å². The third kappa shape index (κ3) is 9.34. The van der Waals surface area contributed by atoms with Crippen LogP contribution in [0.15, 0.2) is 30.5 Å². The van der Waals surface area contributed by atoms with Crippen LogP contribution in [0.1, 0.15) is 45.1 Å². The molecular weight excluding hydrogens is 508 g/mol. The highest BCUT2D eigenvalue weighted by Gasteiger charge is 2.30. The fraction of sp³-hybridized carbons (Fsp3) is 0.538. The molecule has 11 nitrogen and oxygen atoms in total. The molecule has 0 bridgehead atoms. The molecule has 12 heteroatoms. The zero-order valence-electron chi connectivity index (χ0n) is 21.9. The van der Waals surface area contributed by atoms with Gasteiger partial charge in [0.2, 0.25) is 17.7 Å². The number of rotatable bonds is 16. The van der Waals surface area contributed by atoms with E-state index in [9.17, 15) is 24.3 Å². The molecule has 0 aliphatic carbocycles. The molecule has 0 fully saturated rings. The summed E-state index contributed by atoms with van der Waals surface area (Å²) in [6.45, 7) is 4.32. The molecule has 0 aliphatic heterocycles. The Morgan fingerprint density at radius 1 is 0.974 bits per heavy atom. The molecular formula is C26H40N6O5S. The molecule has 38 heavy (non-hydrogen) atoms. The Morgan fingerprint density at radius 3 is 2.24 bits per heavy atom. The van der Waals surface area contributed by atoms with E-state index in [1.807, 2.05) is 38.1 Å². The summed E-state index contributed by atoms with van der Waals surface area (Å²) in [5, 5.41) is 18.4. The van der Waals surface area contributed by atoms with Gasteiger partial charge in [0.1, 0.15) is 18.1 Å². The van der Waals surface area contributed by atoms with Gasteiger partial charge in [-0.25, -0.2) is 4.79 Å². The molecule has 0 radical (unpaired) electrons. The van der Waals surface area contributed by atoms with E-state index < -0.39 is 47.9 Å². The molecule has 1 heterocycles. The van der Waals surface area contributed by atoms with E-state index in [-0.39, 0.29) is 18.1 Å². The fourth-order valence-electron chi connectivity index (χ4n) is 4.11. The predicted octanol–water partition coefficient (Wildman–Crippen LogP) is 0.682. The van der Waals surface area contributed by atoms with Crippen molar-refractivity contribution >= 4 is 47.2 Å². The number of nitrogens with one attached hydrogen (secondary N) is 4. The van der Waals surface area contributed by atoms with Crippen LogP contribution in [0.25, 0.3) is 10.9 Å². The van der Waals surface area contributed by atoms with Crippen molar-refractivity contribution in [3.8, 4) is 0 Å². The van der Waals surface area contributed by atoms with Crippen molar-refractivity contribution in [2.45, 2.75) is 70.1 Å². The lowest BCUT2D eigenvalue weighted by molar-refractivity contribution is -0.142. The number of aromatic nitrogens is 1. The Morgan fingerprint density at radius 2 is 1.61 bits per heavy atom. The molecule has 0 spiro atoms. The maximum atomic E-state index is 13.1. The summed E-state index contributed by atoms with van der Waals surface area (Å²) in [6.07, 6.45) is 3.76. The van der Waals surface area contributed by atoms with Crippen LogP contribution in [0.3, 0.4) is 0 Å². The first-order chi connectivity index (χ1) is 18.1. The third-order valence-corrected chi connectivity index (χ3v) is 6.54. The van der Waals surface area contributed by atoms with Crippen molar-refractivity contribution in [3.63, 3.8) is 0 Å². The molecule has 0 saturated heterocycles. The Hall–Kier alpha value is -3.09. The van der Waals surface area contributed by atoms with E-state index >= 15 is 0 Å². The van der Waals surface area contributed by atoms with E-state index in [0.717, 1.165) is 16.5 Å². The quantitative estimate of drug-likeness (QED) is 0.112. The monoisotopic (exact) mass is 548 g/mol. The molecule has 1 aromatic carbocycles. The molecule has 2 aromatic rings. The van der Waals surface area contributed by atoms with E-state index in [1.54, 1.807) is 6.20 Å². The number of fused-ring (bicyclic) bond motifs is 1. The molecule has 4 unspecified atom stereocenters. The first-order valence-electron chi connectivity index (χ1n) is 12.8. The van der Waals surface area contributed by atoms with Crippen LogP contribution >= 0.6 is 12.6 Å². The molecule has 3 amide bonds. The standard InChI is InChI=1S/C26H40N6O5S/c1-15(2)11-18(28)23(33)30-20(9-5-6-10-27)24(34)32-22(14-38)25(35)31-21(26(36)37)12-16-13-29-19-8-4-3-7-17(16)19/h3-4,7-8,13,15,18,20-22,29,38H,5-6,9-12,14,27-28H2,1-2H3,(H,30,33)(H,31,35)(H,32,34)(H,36,37). The number of amides is 3. The minimum atomic E-state index is -1.23. The number of carboxylic acids is 1. The number of para-hydroxylation sites is 1. The van der Waals surface area contributed by atoms with Gasteiger partial charge in [-0.05, 0) is 49.8 Å². The summed E-state index contributed by atoms with van der Waals surface area (Å²) in [6, 6.07) is 3.41. The maximum Gasteiger partial charge on any atom is 0.326 e. The largest absolute Gasteiger partial charge is 0.480 e. The first-order valence-corrected chi connectivity index (χ1v) is 13.5.